The van der Waals surface area contributed by atoms with Crippen LogP contribution < -0.4 is 10.6 Å². The number of anilines is 3. The van der Waals surface area contributed by atoms with E-state index in [9.17, 15) is 4.79 Å². The Morgan fingerprint density at radius 2 is 1.94 bits per heavy atom. The van der Waals surface area contributed by atoms with E-state index in [4.69, 9.17) is 4.98 Å². The highest BCUT2D eigenvalue weighted by Crippen LogP contribution is 2.34. The van der Waals surface area contributed by atoms with Crippen molar-refractivity contribution in [3.63, 3.8) is 0 Å². The summed E-state index contributed by atoms with van der Waals surface area (Å²) < 4.78 is 1.80. The molecule has 0 radical (unpaired) electrons. The normalized spacial score (nSPS) is 14.5. The van der Waals surface area contributed by atoms with Crippen molar-refractivity contribution in [1.82, 2.24) is 29.6 Å². The van der Waals surface area contributed by atoms with E-state index >= 15 is 0 Å². The molecule has 9 heteroatoms. The van der Waals surface area contributed by atoms with Gasteiger partial charge >= 0.3 is 0 Å². The first-order chi connectivity index (χ1) is 16.7. The lowest BCUT2D eigenvalue weighted by Gasteiger charge is -2.33. The Balaban J connectivity index is 1.45. The molecule has 0 saturated carbocycles. The Morgan fingerprint density at radius 1 is 1.17 bits per heavy atom. The number of hydrogen-bond donors (Lipinski definition) is 3. The van der Waals surface area contributed by atoms with Gasteiger partial charge in [-0.15, -0.1) is 0 Å². The zero-order valence-electron chi connectivity index (χ0n) is 20.9. The number of carbonyl (C=O) groups excluding carboxylic acids is 1. The fourth-order valence-electron chi connectivity index (χ4n) is 4.66. The third-order valence-corrected chi connectivity index (χ3v) is 7.00. The molecule has 35 heavy (non-hydrogen) atoms. The van der Waals surface area contributed by atoms with Crippen LogP contribution in [0.2, 0.25) is 0 Å². The van der Waals surface area contributed by atoms with Gasteiger partial charge in [-0.3, -0.25) is 14.4 Å². The summed E-state index contributed by atoms with van der Waals surface area (Å²) in [6.07, 6.45) is 6.03. The summed E-state index contributed by atoms with van der Waals surface area (Å²) in [7, 11) is 1.90. The number of hydrogen-bond acceptors (Lipinski definition) is 6. The molecule has 0 aliphatic carbocycles. The van der Waals surface area contributed by atoms with Crippen LogP contribution in [0.25, 0.3) is 22.2 Å². The third-order valence-electron chi connectivity index (χ3n) is 7.00. The Labute approximate surface area is 205 Å². The van der Waals surface area contributed by atoms with Crippen LogP contribution in [-0.4, -0.2) is 54.2 Å². The summed E-state index contributed by atoms with van der Waals surface area (Å²) in [5.41, 5.74) is 4.84. The molecule has 3 N–H and O–H groups in total. The molecule has 0 spiro atoms. The van der Waals surface area contributed by atoms with E-state index in [1.54, 1.807) is 4.68 Å². The highest BCUT2D eigenvalue weighted by molar-refractivity contribution is 6.07. The van der Waals surface area contributed by atoms with Crippen LogP contribution in [-0.2, 0) is 11.8 Å². The molecule has 4 heterocycles. The quantitative estimate of drug-likeness (QED) is 0.381. The highest BCUT2D eigenvalue weighted by atomic mass is 16.2. The van der Waals surface area contributed by atoms with Gasteiger partial charge in [0.1, 0.15) is 0 Å². The monoisotopic (exact) mass is 472 g/mol. The van der Waals surface area contributed by atoms with Gasteiger partial charge in [0.15, 0.2) is 5.82 Å². The second-order valence-corrected chi connectivity index (χ2v) is 9.78. The lowest BCUT2D eigenvalue weighted by atomic mass is 10.0. The first kappa shape index (κ1) is 23.0. The van der Waals surface area contributed by atoms with E-state index in [1.165, 1.54) is 0 Å². The van der Waals surface area contributed by atoms with Crippen molar-refractivity contribution < 1.29 is 4.79 Å². The fourth-order valence-corrected chi connectivity index (χ4v) is 4.66. The summed E-state index contributed by atoms with van der Waals surface area (Å²) in [5, 5.41) is 11.8. The molecular formula is C26H32N8O. The van der Waals surface area contributed by atoms with Gasteiger partial charge in [0, 0.05) is 42.2 Å². The number of para-hydroxylation sites is 1. The maximum Gasteiger partial charge on any atom is 0.244 e. The predicted molar refractivity (Wildman–Crippen MR) is 139 cm³/mol. The molecule has 1 aliphatic rings. The molecule has 9 nitrogen and oxygen atoms in total. The average Bonchev–Trinajstić information content (AvgIpc) is 3.57. The van der Waals surface area contributed by atoms with Crippen LogP contribution in [0.3, 0.4) is 0 Å². The minimum absolute atomic E-state index is 0.00147. The van der Waals surface area contributed by atoms with Crippen molar-refractivity contribution >= 4 is 34.3 Å². The predicted octanol–water partition coefficient (Wildman–Crippen LogP) is 4.53. The number of fused-ring (bicyclic) bond motifs is 1. The van der Waals surface area contributed by atoms with E-state index < -0.39 is 5.54 Å². The second-order valence-electron chi connectivity index (χ2n) is 9.78. The number of aryl methyl sites for hydroxylation is 3. The zero-order chi connectivity index (χ0) is 24.7. The van der Waals surface area contributed by atoms with E-state index in [0.717, 1.165) is 65.0 Å². The van der Waals surface area contributed by atoms with Gasteiger partial charge in [-0.25, -0.2) is 9.97 Å². The molecule has 1 amide bonds. The van der Waals surface area contributed by atoms with Crippen LogP contribution >= 0.6 is 0 Å². The maximum atomic E-state index is 13.2. The standard InChI is InChI=1S/C26H32N8O/c1-16-14-28-25(30-21-13-17(2)33(5)32-21)31-22(16)19-15-27-23-18(19)9-8-10-20(23)29-24(35)26(3,4)34-11-6-7-12-34/h8-10,13-15,27H,6-7,11-12H2,1-5H3,(H,29,35)(H,28,30,31,32). The lowest BCUT2D eigenvalue weighted by Crippen LogP contribution is -2.51. The van der Waals surface area contributed by atoms with Crippen LogP contribution in [0.5, 0.6) is 0 Å². The number of aromatic nitrogens is 5. The number of H-pyrrole nitrogens is 1. The van der Waals surface area contributed by atoms with Crippen molar-refractivity contribution in [2.24, 2.45) is 7.05 Å². The molecule has 0 unspecified atom stereocenters. The Hall–Kier alpha value is -3.72. The van der Waals surface area contributed by atoms with Crippen molar-refractivity contribution in [3.8, 4) is 11.3 Å². The molecule has 1 aromatic carbocycles. The number of amides is 1. The molecule has 5 rings (SSSR count). The van der Waals surface area contributed by atoms with Crippen molar-refractivity contribution in [2.45, 2.75) is 46.1 Å². The molecule has 1 fully saturated rings. The molecule has 1 aliphatic heterocycles. The molecule has 4 aromatic rings. The van der Waals surface area contributed by atoms with Gasteiger partial charge in [0.2, 0.25) is 11.9 Å². The largest absolute Gasteiger partial charge is 0.359 e. The maximum absolute atomic E-state index is 13.2. The minimum Gasteiger partial charge on any atom is -0.359 e. The number of carbonyl (C=O) groups is 1. The number of nitrogens with zero attached hydrogens (tertiary/aromatic N) is 5. The molecular weight excluding hydrogens is 440 g/mol. The first-order valence-electron chi connectivity index (χ1n) is 12.0. The molecule has 3 aromatic heterocycles. The summed E-state index contributed by atoms with van der Waals surface area (Å²) >= 11 is 0. The number of benzene rings is 1. The van der Waals surface area contributed by atoms with E-state index in [1.807, 2.05) is 71.4 Å². The van der Waals surface area contributed by atoms with Gasteiger partial charge in [0.25, 0.3) is 0 Å². The van der Waals surface area contributed by atoms with Gasteiger partial charge in [0.05, 0.1) is 22.4 Å². The number of rotatable bonds is 6. The summed E-state index contributed by atoms with van der Waals surface area (Å²) in [6.45, 7) is 9.89. The van der Waals surface area contributed by atoms with Crippen LogP contribution in [0.1, 0.15) is 37.9 Å². The van der Waals surface area contributed by atoms with E-state index in [2.05, 4.69) is 30.6 Å². The lowest BCUT2D eigenvalue weighted by molar-refractivity contribution is -0.125. The molecule has 0 atom stereocenters. The first-order valence-corrected chi connectivity index (χ1v) is 12.0. The van der Waals surface area contributed by atoms with Crippen LogP contribution in [0.15, 0.2) is 36.7 Å². The summed E-state index contributed by atoms with van der Waals surface area (Å²) in [4.78, 5) is 28.1. The average molecular weight is 473 g/mol. The summed E-state index contributed by atoms with van der Waals surface area (Å²) in [6, 6.07) is 7.89. The minimum atomic E-state index is -0.568. The summed E-state index contributed by atoms with van der Waals surface area (Å²) in [5.74, 6) is 1.18. The second kappa shape index (κ2) is 8.81. The van der Waals surface area contributed by atoms with Crippen LogP contribution in [0, 0.1) is 13.8 Å². The Morgan fingerprint density at radius 3 is 2.66 bits per heavy atom. The zero-order valence-corrected chi connectivity index (χ0v) is 20.9. The number of likely N-dealkylation sites (tertiary alicyclic amines) is 1. The van der Waals surface area contributed by atoms with Gasteiger partial charge in [-0.1, -0.05) is 12.1 Å². The van der Waals surface area contributed by atoms with E-state index in [0.29, 0.717) is 11.8 Å². The van der Waals surface area contributed by atoms with Gasteiger partial charge in [-0.2, -0.15) is 5.10 Å². The fraction of sp³-hybridized carbons (Fsp3) is 0.385. The third kappa shape index (κ3) is 4.27. The Bertz CT molecular complexity index is 1370. The number of aromatic amines is 1. The Kier molecular flexibility index (Phi) is 5.80. The van der Waals surface area contributed by atoms with Gasteiger partial charge < -0.3 is 15.6 Å². The molecule has 0 bridgehead atoms. The number of nitrogens with one attached hydrogen (secondary N) is 3. The molecule has 1 saturated heterocycles. The smallest absolute Gasteiger partial charge is 0.244 e. The topological polar surface area (TPSA) is 104 Å². The van der Waals surface area contributed by atoms with Crippen molar-refractivity contribution in [1.29, 1.82) is 0 Å². The molecule has 182 valence electrons. The van der Waals surface area contributed by atoms with E-state index in [-0.39, 0.29) is 5.91 Å². The van der Waals surface area contributed by atoms with Gasteiger partial charge in [-0.05, 0) is 65.3 Å². The SMILES string of the molecule is Cc1cnc(Nc2cc(C)n(C)n2)nc1-c1c[nH]c2c(NC(=O)C(C)(C)N3CCCC3)cccc12. The highest BCUT2D eigenvalue weighted by Gasteiger charge is 2.36. The van der Waals surface area contributed by atoms with Crippen molar-refractivity contribution in [2.75, 3.05) is 23.7 Å². The van der Waals surface area contributed by atoms with Crippen molar-refractivity contribution in [3.05, 3.63) is 47.9 Å². The van der Waals surface area contributed by atoms with Crippen LogP contribution in [0.4, 0.5) is 17.5 Å².